The van der Waals surface area contributed by atoms with Crippen molar-refractivity contribution in [3.05, 3.63) is 0 Å². The van der Waals surface area contributed by atoms with Crippen LogP contribution in [0.25, 0.3) is 0 Å². The van der Waals surface area contributed by atoms with Gasteiger partial charge in [-0.1, -0.05) is 20.9 Å². The van der Waals surface area contributed by atoms with E-state index in [9.17, 15) is 14.4 Å². The molecule has 0 fully saturated rings. The van der Waals surface area contributed by atoms with E-state index in [0.717, 1.165) is 0 Å². The van der Waals surface area contributed by atoms with Gasteiger partial charge in [-0.2, -0.15) is 0 Å². The van der Waals surface area contributed by atoms with E-state index in [4.69, 9.17) is 0 Å². The van der Waals surface area contributed by atoms with Crippen LogP contribution in [0.5, 0.6) is 0 Å². The van der Waals surface area contributed by atoms with Gasteiger partial charge in [0, 0.05) is 0 Å². The van der Waals surface area contributed by atoms with Gasteiger partial charge in [0.05, 0.1) is 0 Å². The van der Waals surface area contributed by atoms with E-state index in [1.165, 1.54) is 0 Å². The van der Waals surface area contributed by atoms with Gasteiger partial charge >= 0.3 is 19.5 Å². The Labute approximate surface area is 61.4 Å². The standard InChI is InChI=1S/C3H9O3P.Zn/c1-2-3-7(4,5)6;/h2-3H2,1H3,(H2,4,5,6);/q;+2/p-2. The second-order valence-electron chi connectivity index (χ2n) is 1.33. The summed E-state index contributed by atoms with van der Waals surface area (Å²) < 4.78 is 9.70. The summed E-state index contributed by atoms with van der Waals surface area (Å²) in [4.78, 5) is 19.4. The number of hydrogen-bond donors (Lipinski definition) is 0. The summed E-state index contributed by atoms with van der Waals surface area (Å²) in [5.74, 6) is 0. The summed E-state index contributed by atoms with van der Waals surface area (Å²) in [7, 11) is -4.17. The molecule has 0 aliphatic rings. The van der Waals surface area contributed by atoms with Crippen molar-refractivity contribution in [2.24, 2.45) is 0 Å². The zero-order chi connectivity index (χ0) is 5.91. The molecule has 0 aromatic heterocycles. The van der Waals surface area contributed by atoms with Crippen molar-refractivity contribution < 1.29 is 33.8 Å². The Balaban J connectivity index is 0. The molecule has 0 unspecified atom stereocenters. The molecule has 0 aromatic carbocycles. The molecule has 0 spiro atoms. The third-order valence-electron chi connectivity index (χ3n) is 0.497. The average molecular weight is 187 g/mol. The second-order valence-corrected chi connectivity index (χ2v) is 3.00. The van der Waals surface area contributed by atoms with Crippen LogP contribution < -0.4 is 9.79 Å². The zero-order valence-electron chi connectivity index (χ0n) is 4.79. The smallest absolute Gasteiger partial charge is 0.811 e. The van der Waals surface area contributed by atoms with Crippen molar-refractivity contribution >= 4 is 7.60 Å². The first-order valence-electron chi connectivity index (χ1n) is 2.07. The molecule has 0 heterocycles. The number of rotatable bonds is 2. The summed E-state index contributed by atoms with van der Waals surface area (Å²) in [6, 6.07) is 0. The molecule has 0 rings (SSSR count). The molecule has 0 aliphatic carbocycles. The Hall–Kier alpha value is 0.773. The molecule has 5 heteroatoms. The van der Waals surface area contributed by atoms with Crippen LogP contribution in [0.1, 0.15) is 13.3 Å². The van der Waals surface area contributed by atoms with Gasteiger partial charge in [0.25, 0.3) is 0 Å². The van der Waals surface area contributed by atoms with Crippen LogP contribution in [0.2, 0.25) is 0 Å². The van der Waals surface area contributed by atoms with Gasteiger partial charge in [-0.05, 0) is 6.16 Å². The Bertz CT molecular complexity index is 88.5. The van der Waals surface area contributed by atoms with Crippen molar-refractivity contribution in [3.8, 4) is 0 Å². The first kappa shape index (κ1) is 11.6. The second kappa shape index (κ2) is 4.63. The van der Waals surface area contributed by atoms with Crippen LogP contribution in [-0.2, 0) is 24.0 Å². The van der Waals surface area contributed by atoms with Crippen LogP contribution in [0.3, 0.4) is 0 Å². The third-order valence-corrected chi connectivity index (χ3v) is 1.49. The van der Waals surface area contributed by atoms with Gasteiger partial charge in [-0.15, -0.1) is 0 Å². The monoisotopic (exact) mass is 186 g/mol. The van der Waals surface area contributed by atoms with E-state index in [2.05, 4.69) is 0 Å². The zero-order valence-corrected chi connectivity index (χ0v) is 8.65. The topological polar surface area (TPSA) is 63.2 Å². The average Bonchev–Trinajstić information content (AvgIpc) is 1.30. The molecule has 0 saturated carbocycles. The van der Waals surface area contributed by atoms with Crippen molar-refractivity contribution in [3.63, 3.8) is 0 Å². The van der Waals surface area contributed by atoms with E-state index in [1.807, 2.05) is 0 Å². The number of hydrogen-bond acceptors (Lipinski definition) is 3. The van der Waals surface area contributed by atoms with Gasteiger partial charge in [0.1, 0.15) is 0 Å². The molecule has 3 nitrogen and oxygen atoms in total. The van der Waals surface area contributed by atoms with Gasteiger partial charge in [0.2, 0.25) is 0 Å². The molecule has 0 aliphatic heterocycles. The minimum atomic E-state index is -4.17. The van der Waals surface area contributed by atoms with Crippen LogP contribution in [0.4, 0.5) is 0 Å². The van der Waals surface area contributed by atoms with Crippen molar-refractivity contribution in [2.45, 2.75) is 13.3 Å². The van der Waals surface area contributed by atoms with E-state index in [0.29, 0.717) is 6.42 Å². The maximum absolute atomic E-state index is 9.70. The van der Waals surface area contributed by atoms with Crippen LogP contribution in [0, 0.1) is 0 Å². The molecule has 8 heavy (non-hydrogen) atoms. The molecular weight excluding hydrogens is 180 g/mol. The molecule has 0 atom stereocenters. The van der Waals surface area contributed by atoms with E-state index < -0.39 is 7.60 Å². The van der Waals surface area contributed by atoms with E-state index in [-0.39, 0.29) is 25.6 Å². The molecule has 0 bridgehead atoms. The SMILES string of the molecule is CCCP(=O)([O-])[O-].[Zn+2]. The van der Waals surface area contributed by atoms with Gasteiger partial charge in [-0.3, -0.25) is 0 Å². The molecule has 0 aromatic rings. The minimum absolute atomic E-state index is 0. The van der Waals surface area contributed by atoms with Crippen molar-refractivity contribution in [2.75, 3.05) is 6.16 Å². The van der Waals surface area contributed by atoms with Gasteiger partial charge < -0.3 is 14.4 Å². The fourth-order valence-electron chi connectivity index (χ4n) is 0.274. The predicted molar refractivity (Wildman–Crippen MR) is 22.8 cm³/mol. The Morgan fingerprint density at radius 3 is 1.88 bits per heavy atom. The van der Waals surface area contributed by atoms with E-state index in [1.54, 1.807) is 6.92 Å². The first-order chi connectivity index (χ1) is 3.06. The van der Waals surface area contributed by atoms with Crippen molar-refractivity contribution in [1.82, 2.24) is 0 Å². The molecule has 44 valence electrons. The maximum atomic E-state index is 9.70. The van der Waals surface area contributed by atoms with Crippen LogP contribution >= 0.6 is 7.60 Å². The van der Waals surface area contributed by atoms with Gasteiger partial charge in [-0.25, -0.2) is 0 Å². The quantitative estimate of drug-likeness (QED) is 0.424. The molecular formula is C3H7O3PZn. The van der Waals surface area contributed by atoms with Crippen LogP contribution in [-0.4, -0.2) is 6.16 Å². The largest absolute Gasteiger partial charge is 2.00 e. The normalized spacial score (nSPS) is 10.4. The molecule has 0 N–H and O–H groups in total. The Morgan fingerprint density at radius 1 is 1.50 bits per heavy atom. The summed E-state index contributed by atoms with van der Waals surface area (Å²) in [5.41, 5.74) is 0. The first-order valence-corrected chi connectivity index (χ1v) is 3.80. The summed E-state index contributed by atoms with van der Waals surface area (Å²) in [6.45, 7) is 1.66. The van der Waals surface area contributed by atoms with Gasteiger partial charge in [0.15, 0.2) is 0 Å². The minimum Gasteiger partial charge on any atom is -0.811 e. The molecule has 0 amide bonds. The fraction of sp³-hybridized carbons (Fsp3) is 1.00. The van der Waals surface area contributed by atoms with E-state index >= 15 is 0 Å². The Kier molecular flexibility index (Phi) is 6.69. The van der Waals surface area contributed by atoms with Crippen molar-refractivity contribution in [1.29, 1.82) is 0 Å². The fourth-order valence-corrected chi connectivity index (χ4v) is 0.822. The predicted octanol–water partition coefficient (Wildman–Crippen LogP) is -0.692. The summed E-state index contributed by atoms with van der Waals surface area (Å²) in [5, 5.41) is 0. The Morgan fingerprint density at radius 2 is 1.88 bits per heavy atom. The summed E-state index contributed by atoms with van der Waals surface area (Å²) >= 11 is 0. The molecule has 0 saturated heterocycles. The summed E-state index contributed by atoms with van der Waals surface area (Å²) in [6.07, 6.45) is 0.206. The third kappa shape index (κ3) is 9.91. The molecule has 0 radical (unpaired) electrons. The van der Waals surface area contributed by atoms with Crippen LogP contribution in [0.15, 0.2) is 0 Å². The maximum Gasteiger partial charge on any atom is 2.00 e.